The summed E-state index contributed by atoms with van der Waals surface area (Å²) in [4.78, 5) is 23.1. The van der Waals surface area contributed by atoms with Crippen molar-refractivity contribution in [3.05, 3.63) is 200 Å². The van der Waals surface area contributed by atoms with Crippen LogP contribution in [0.15, 0.2) is 214 Å². The van der Waals surface area contributed by atoms with Crippen molar-refractivity contribution in [2.75, 3.05) is 14.7 Å². The first-order chi connectivity index (χ1) is 29.8. The number of hydrogen-bond donors (Lipinski definition) is 0. The van der Waals surface area contributed by atoms with Gasteiger partial charge in [0.15, 0.2) is 0 Å². The Labute approximate surface area is 355 Å². The highest BCUT2D eigenvalue weighted by Crippen LogP contribution is 2.55. The fourth-order valence-electron chi connectivity index (χ4n) is 9.60. The molecule has 0 spiro atoms. The van der Waals surface area contributed by atoms with E-state index in [2.05, 4.69) is 213 Å². The van der Waals surface area contributed by atoms with Gasteiger partial charge in [0.2, 0.25) is 0 Å². The summed E-state index contributed by atoms with van der Waals surface area (Å²) in [6.45, 7) is 0. The molecule has 13 rings (SSSR count). The van der Waals surface area contributed by atoms with Gasteiger partial charge in [0.05, 0.1) is 45.5 Å². The van der Waals surface area contributed by atoms with E-state index in [9.17, 15) is 0 Å². The molecule has 0 N–H and O–H groups in total. The highest BCUT2D eigenvalue weighted by atomic mass is 32.2. The molecule has 0 radical (unpaired) electrons. The first-order valence-corrected chi connectivity index (χ1v) is 21.9. The molecule has 6 aromatic carbocycles. The van der Waals surface area contributed by atoms with E-state index in [-0.39, 0.29) is 12.0 Å². The molecule has 0 fully saturated rings. The normalized spacial score (nSPS) is 17.0. The first-order valence-electron chi connectivity index (χ1n) is 20.3. The number of rotatable bonds is 4. The molecule has 8 heteroatoms. The largest absolute Gasteiger partial charge is 0.316 e. The van der Waals surface area contributed by atoms with Crippen molar-refractivity contribution in [2.45, 2.75) is 31.5 Å². The zero-order valence-electron chi connectivity index (χ0n) is 32.1. The summed E-state index contributed by atoms with van der Waals surface area (Å²) in [7, 11) is 0. The minimum absolute atomic E-state index is 0.0412. The van der Waals surface area contributed by atoms with Crippen LogP contribution >= 0.6 is 23.5 Å². The van der Waals surface area contributed by atoms with Gasteiger partial charge < -0.3 is 4.90 Å². The third kappa shape index (κ3) is 4.98. The Balaban J connectivity index is 1.03. The van der Waals surface area contributed by atoms with Crippen molar-refractivity contribution in [3.63, 3.8) is 0 Å². The molecule has 284 valence electrons. The number of allylic oxidation sites excluding steroid dienone is 2. The molecule has 0 bridgehead atoms. The fourth-order valence-corrected chi connectivity index (χ4v) is 11.7. The van der Waals surface area contributed by atoms with Gasteiger partial charge in [-0.15, -0.1) is 0 Å². The molecule has 0 amide bonds. The molecule has 6 nitrogen and oxygen atoms in total. The minimum atomic E-state index is 0.0412. The molecular formula is C52H34N6S2. The number of benzene rings is 6. The second-order valence-electron chi connectivity index (χ2n) is 15.4. The summed E-state index contributed by atoms with van der Waals surface area (Å²) in [6, 6.07) is 60.9. The molecule has 0 saturated carbocycles. The molecule has 2 unspecified atom stereocenters. The van der Waals surface area contributed by atoms with E-state index in [0.717, 1.165) is 62.7 Å². The van der Waals surface area contributed by atoms with E-state index in [4.69, 9.17) is 9.97 Å². The second kappa shape index (κ2) is 13.3. The van der Waals surface area contributed by atoms with Crippen LogP contribution in [0.4, 0.5) is 45.9 Å². The average molecular weight is 807 g/mol. The molecule has 9 aromatic rings. The number of hydrogen-bond acceptors (Lipinski definition) is 7. The SMILES string of the molecule is C1=CC2c3ccc4c5ccccc5n(-c5cccc(N6c7ccccc7Sc7ccccc76)n5)c4c3N(c3cccc(N4c5ccccc5Sc5ccccc54)n3)C2C=C1. The predicted molar refractivity (Wildman–Crippen MR) is 247 cm³/mol. The maximum atomic E-state index is 5.60. The van der Waals surface area contributed by atoms with Gasteiger partial charge in [-0.2, -0.15) is 0 Å². The molecule has 3 aliphatic heterocycles. The van der Waals surface area contributed by atoms with Gasteiger partial charge in [-0.3, -0.25) is 14.4 Å². The average Bonchev–Trinajstić information content (AvgIpc) is 3.83. The van der Waals surface area contributed by atoms with Crippen LogP contribution < -0.4 is 14.7 Å². The number of para-hydroxylation sites is 5. The Hall–Kier alpha value is -7.00. The van der Waals surface area contributed by atoms with Crippen molar-refractivity contribution in [2.24, 2.45) is 0 Å². The van der Waals surface area contributed by atoms with E-state index in [0.29, 0.717) is 0 Å². The van der Waals surface area contributed by atoms with Crippen LogP contribution in [-0.4, -0.2) is 20.6 Å². The van der Waals surface area contributed by atoms with Gasteiger partial charge in [0.1, 0.15) is 23.3 Å². The van der Waals surface area contributed by atoms with E-state index in [1.807, 2.05) is 23.5 Å². The number of pyridine rings is 2. The number of fused-ring (bicyclic) bond motifs is 11. The zero-order chi connectivity index (χ0) is 39.3. The fraction of sp³-hybridized carbons (Fsp3) is 0.0385. The maximum Gasteiger partial charge on any atom is 0.140 e. The third-order valence-corrected chi connectivity index (χ3v) is 14.3. The monoisotopic (exact) mass is 806 g/mol. The molecule has 6 heterocycles. The van der Waals surface area contributed by atoms with Crippen LogP contribution in [0.2, 0.25) is 0 Å². The van der Waals surface area contributed by atoms with Crippen LogP contribution in [0.5, 0.6) is 0 Å². The Morgan fingerprint density at radius 3 is 1.53 bits per heavy atom. The molecule has 1 aliphatic carbocycles. The second-order valence-corrected chi connectivity index (χ2v) is 17.5. The van der Waals surface area contributed by atoms with E-state index < -0.39 is 0 Å². The lowest BCUT2D eigenvalue weighted by Crippen LogP contribution is -2.30. The van der Waals surface area contributed by atoms with Crippen molar-refractivity contribution >= 4 is 91.2 Å². The molecule has 0 saturated heterocycles. The van der Waals surface area contributed by atoms with Gasteiger partial charge in [0.25, 0.3) is 0 Å². The van der Waals surface area contributed by atoms with E-state index in [1.165, 1.54) is 35.9 Å². The Morgan fingerprint density at radius 2 is 0.917 bits per heavy atom. The van der Waals surface area contributed by atoms with E-state index >= 15 is 0 Å². The lowest BCUT2D eigenvalue weighted by Gasteiger charge is -2.33. The highest BCUT2D eigenvalue weighted by Gasteiger charge is 2.41. The molecule has 4 aliphatic rings. The Morgan fingerprint density at radius 1 is 0.417 bits per heavy atom. The lowest BCUT2D eigenvalue weighted by atomic mass is 9.91. The van der Waals surface area contributed by atoms with Crippen LogP contribution in [0.1, 0.15) is 11.5 Å². The van der Waals surface area contributed by atoms with Gasteiger partial charge >= 0.3 is 0 Å². The summed E-state index contributed by atoms with van der Waals surface area (Å²) in [6.07, 6.45) is 9.06. The highest BCUT2D eigenvalue weighted by molar-refractivity contribution is 8.00. The standard InChI is InChI=1S/C52H34N6S2/c1-3-17-37-33(15-1)35-31-32-36-34-16-2-4-18-38(34)58(50-30-14-28-48(54-50)56-41-21-7-11-25-45(41)60-46-26-12-8-22-42(46)56)52(36)51(35)57(37)49-29-13-27-47(53-49)55-39-19-5-9-23-43(39)59-44-24-10-6-20-40(44)55/h1-33,37H. The number of anilines is 8. The van der Waals surface area contributed by atoms with Crippen LogP contribution in [0.25, 0.3) is 27.6 Å². The van der Waals surface area contributed by atoms with E-state index in [1.54, 1.807) is 0 Å². The van der Waals surface area contributed by atoms with Gasteiger partial charge in [0, 0.05) is 36.3 Å². The molecular weight excluding hydrogens is 773 g/mol. The molecule has 3 aromatic heterocycles. The van der Waals surface area contributed by atoms with Crippen molar-refractivity contribution in [1.82, 2.24) is 14.5 Å². The Bertz CT molecular complexity index is 3200. The van der Waals surface area contributed by atoms with Crippen LogP contribution in [-0.2, 0) is 0 Å². The van der Waals surface area contributed by atoms with Gasteiger partial charge in [-0.25, -0.2) is 9.97 Å². The maximum absolute atomic E-state index is 5.60. The van der Waals surface area contributed by atoms with Gasteiger partial charge in [-0.1, -0.05) is 139 Å². The minimum Gasteiger partial charge on any atom is -0.316 e. The first kappa shape index (κ1) is 33.9. The molecule has 2 atom stereocenters. The smallest absolute Gasteiger partial charge is 0.140 e. The lowest BCUT2D eigenvalue weighted by molar-refractivity contribution is 0.738. The number of aromatic nitrogens is 3. The number of nitrogens with zero attached hydrogens (tertiary/aromatic N) is 6. The van der Waals surface area contributed by atoms with Gasteiger partial charge in [-0.05, 0) is 84.4 Å². The van der Waals surface area contributed by atoms with Crippen molar-refractivity contribution in [1.29, 1.82) is 0 Å². The summed E-state index contributed by atoms with van der Waals surface area (Å²) in [5.74, 6) is 3.67. The summed E-state index contributed by atoms with van der Waals surface area (Å²) in [5.41, 5.74) is 9.21. The van der Waals surface area contributed by atoms with Crippen LogP contribution in [0.3, 0.4) is 0 Å². The summed E-state index contributed by atoms with van der Waals surface area (Å²) < 4.78 is 2.39. The Kier molecular flexibility index (Phi) is 7.50. The van der Waals surface area contributed by atoms with Crippen molar-refractivity contribution in [3.8, 4) is 5.82 Å². The third-order valence-electron chi connectivity index (χ3n) is 12.1. The van der Waals surface area contributed by atoms with Crippen molar-refractivity contribution < 1.29 is 0 Å². The molecule has 60 heavy (non-hydrogen) atoms. The van der Waals surface area contributed by atoms with Crippen LogP contribution in [0, 0.1) is 0 Å². The quantitative estimate of drug-likeness (QED) is 0.175. The summed E-state index contributed by atoms with van der Waals surface area (Å²) >= 11 is 3.62. The predicted octanol–water partition coefficient (Wildman–Crippen LogP) is 14.2. The topological polar surface area (TPSA) is 40.4 Å². The zero-order valence-corrected chi connectivity index (χ0v) is 33.8. The summed E-state index contributed by atoms with van der Waals surface area (Å²) in [5, 5.41) is 2.37.